The molecule has 0 fully saturated rings. The van der Waals surface area contributed by atoms with Crippen molar-refractivity contribution in [1.29, 1.82) is 0 Å². The zero-order chi connectivity index (χ0) is 23.6. The fraction of sp³-hybridized carbons (Fsp3) is 0.143. The molecule has 0 bridgehead atoms. The van der Waals surface area contributed by atoms with Gasteiger partial charge in [0.15, 0.2) is 9.84 Å². The minimum absolute atomic E-state index is 0.0372. The Morgan fingerprint density at radius 3 is 2.56 bits per heavy atom. The number of nitrogens with one attached hydrogen (secondary N) is 1. The van der Waals surface area contributed by atoms with Gasteiger partial charge in [-0.25, -0.2) is 12.8 Å². The zero-order valence-electron chi connectivity index (χ0n) is 17.1. The maximum absolute atomic E-state index is 14.4. The van der Waals surface area contributed by atoms with Gasteiger partial charge in [-0.3, -0.25) is 14.2 Å². The van der Waals surface area contributed by atoms with Crippen molar-refractivity contribution in [2.45, 2.75) is 5.75 Å². The van der Waals surface area contributed by atoms with Crippen LogP contribution in [0.5, 0.6) is 11.5 Å². The first-order chi connectivity index (χ1) is 14.9. The summed E-state index contributed by atoms with van der Waals surface area (Å²) in [5, 5.41) is 2.75. The van der Waals surface area contributed by atoms with Gasteiger partial charge in [-0.15, -0.1) is 0 Å². The molecule has 0 aliphatic rings. The first kappa shape index (κ1) is 23.7. The van der Waals surface area contributed by atoms with Crippen LogP contribution < -0.4 is 21.3 Å². The van der Waals surface area contributed by atoms with Gasteiger partial charge in [-0.2, -0.15) is 0 Å². The second kappa shape index (κ2) is 9.28. The molecule has 0 radical (unpaired) electrons. The van der Waals surface area contributed by atoms with Crippen LogP contribution in [-0.2, 0) is 22.6 Å². The van der Waals surface area contributed by atoms with Crippen LogP contribution in [0.15, 0.2) is 53.3 Å². The number of carbonyl (C=O) groups excluding carboxylic acids is 1. The highest BCUT2D eigenvalue weighted by atomic mass is 127. The number of aromatic nitrogens is 1. The van der Waals surface area contributed by atoms with Crippen molar-refractivity contribution < 1.29 is 22.3 Å². The van der Waals surface area contributed by atoms with Gasteiger partial charge >= 0.3 is 0 Å². The molecule has 1 heterocycles. The molecule has 1 aromatic heterocycles. The van der Waals surface area contributed by atoms with Crippen molar-refractivity contribution in [3.8, 4) is 11.5 Å². The monoisotopic (exact) mass is 571 g/mol. The molecule has 11 heteroatoms. The van der Waals surface area contributed by atoms with Gasteiger partial charge in [0.2, 0.25) is 0 Å². The molecule has 0 atom stereocenters. The standard InChI is InChI=1S/C21H19FIN3O5S/c1-26-18(27)10-17(31-14-5-3-4-12(8-14)11-32(2,29)30)19(20(24)28)21(26)25-16-7-6-13(23)9-15(16)22/h3-10,25H,11H2,1-2H3,(H2,24,28). The zero-order valence-corrected chi connectivity index (χ0v) is 20.0. The Kier molecular flexibility index (Phi) is 6.88. The number of pyridine rings is 1. The van der Waals surface area contributed by atoms with Crippen LogP contribution in [0.1, 0.15) is 15.9 Å². The molecule has 0 spiro atoms. The third-order valence-corrected chi connectivity index (χ3v) is 5.92. The molecule has 2 aromatic carbocycles. The van der Waals surface area contributed by atoms with E-state index in [1.807, 2.05) is 22.6 Å². The molecule has 3 aromatic rings. The topological polar surface area (TPSA) is 120 Å². The fourth-order valence-electron chi connectivity index (χ4n) is 2.99. The number of primary amides is 1. The van der Waals surface area contributed by atoms with Crippen LogP contribution in [0.25, 0.3) is 0 Å². The first-order valence-corrected chi connectivity index (χ1v) is 12.3. The number of nitrogens with two attached hydrogens (primary N) is 1. The number of sulfone groups is 1. The fourth-order valence-corrected chi connectivity index (χ4v) is 4.23. The minimum atomic E-state index is -3.28. The van der Waals surface area contributed by atoms with Gasteiger partial charge in [0, 0.05) is 22.9 Å². The van der Waals surface area contributed by atoms with Crippen molar-refractivity contribution in [3.05, 3.63) is 79.4 Å². The Morgan fingerprint density at radius 2 is 1.94 bits per heavy atom. The second-order valence-corrected chi connectivity index (χ2v) is 10.4. The van der Waals surface area contributed by atoms with Crippen LogP contribution in [-0.4, -0.2) is 25.1 Å². The van der Waals surface area contributed by atoms with E-state index in [4.69, 9.17) is 10.5 Å². The van der Waals surface area contributed by atoms with Crippen LogP contribution in [0.2, 0.25) is 0 Å². The van der Waals surface area contributed by atoms with Crippen LogP contribution >= 0.6 is 22.6 Å². The third kappa shape index (κ3) is 5.65. The number of halogens is 2. The van der Waals surface area contributed by atoms with E-state index in [-0.39, 0.29) is 34.3 Å². The summed E-state index contributed by atoms with van der Waals surface area (Å²) in [4.78, 5) is 24.8. The Labute approximate surface area is 197 Å². The van der Waals surface area contributed by atoms with Gasteiger partial charge in [0.05, 0.1) is 11.4 Å². The van der Waals surface area contributed by atoms with E-state index in [0.717, 1.165) is 16.9 Å². The highest BCUT2D eigenvalue weighted by molar-refractivity contribution is 14.1. The van der Waals surface area contributed by atoms with Crippen LogP contribution in [0.3, 0.4) is 0 Å². The van der Waals surface area contributed by atoms with Gasteiger partial charge < -0.3 is 15.8 Å². The Bertz CT molecular complexity index is 1370. The summed E-state index contributed by atoms with van der Waals surface area (Å²) in [6, 6.07) is 11.7. The Hall–Kier alpha value is -2.93. The molecule has 0 saturated heterocycles. The molecule has 32 heavy (non-hydrogen) atoms. The van der Waals surface area contributed by atoms with E-state index < -0.39 is 27.1 Å². The average Bonchev–Trinajstić information content (AvgIpc) is 2.66. The molecule has 1 amide bonds. The van der Waals surface area contributed by atoms with E-state index in [2.05, 4.69) is 5.32 Å². The van der Waals surface area contributed by atoms with Crippen LogP contribution in [0.4, 0.5) is 15.9 Å². The lowest BCUT2D eigenvalue weighted by molar-refractivity contribution is 0.0998. The summed E-state index contributed by atoms with van der Waals surface area (Å²) in [5.41, 5.74) is 5.37. The molecular weight excluding hydrogens is 552 g/mol. The highest BCUT2D eigenvalue weighted by Crippen LogP contribution is 2.31. The summed E-state index contributed by atoms with van der Waals surface area (Å²) in [7, 11) is -1.88. The quantitative estimate of drug-likeness (QED) is 0.420. The minimum Gasteiger partial charge on any atom is -0.456 e. The van der Waals surface area contributed by atoms with Gasteiger partial charge in [-0.05, 0) is 58.5 Å². The van der Waals surface area contributed by atoms with Gasteiger partial charge in [-0.1, -0.05) is 12.1 Å². The van der Waals surface area contributed by atoms with Crippen molar-refractivity contribution in [3.63, 3.8) is 0 Å². The maximum Gasteiger partial charge on any atom is 0.256 e. The summed E-state index contributed by atoms with van der Waals surface area (Å²) in [5.74, 6) is -1.69. The number of hydrogen-bond acceptors (Lipinski definition) is 6. The number of hydrogen-bond donors (Lipinski definition) is 2. The lowest BCUT2D eigenvalue weighted by Gasteiger charge is -2.18. The second-order valence-electron chi connectivity index (χ2n) is 7.06. The van der Waals surface area contributed by atoms with E-state index in [1.54, 1.807) is 24.3 Å². The lowest BCUT2D eigenvalue weighted by Crippen LogP contribution is -2.25. The van der Waals surface area contributed by atoms with E-state index >= 15 is 0 Å². The number of anilines is 2. The molecule has 8 nitrogen and oxygen atoms in total. The Balaban J connectivity index is 2.09. The largest absolute Gasteiger partial charge is 0.456 e. The normalized spacial score (nSPS) is 11.2. The smallest absolute Gasteiger partial charge is 0.256 e. The molecule has 0 aliphatic carbocycles. The van der Waals surface area contributed by atoms with Gasteiger partial charge in [0.25, 0.3) is 11.5 Å². The van der Waals surface area contributed by atoms with E-state index in [9.17, 15) is 22.4 Å². The SMILES string of the molecule is Cn1c(Nc2ccc(I)cc2F)c(C(N)=O)c(Oc2cccc(CS(C)(=O)=O)c2)cc1=O. The summed E-state index contributed by atoms with van der Waals surface area (Å²) in [6.07, 6.45) is 1.11. The number of carbonyl (C=O) groups is 1. The maximum atomic E-state index is 14.4. The first-order valence-electron chi connectivity index (χ1n) is 9.15. The highest BCUT2D eigenvalue weighted by Gasteiger charge is 2.22. The molecular formula is C21H19FIN3O5S. The average molecular weight is 571 g/mol. The molecule has 0 unspecified atom stereocenters. The van der Waals surface area contributed by atoms with Crippen molar-refractivity contribution in [1.82, 2.24) is 4.57 Å². The molecule has 0 saturated carbocycles. The van der Waals surface area contributed by atoms with Gasteiger partial charge in [0.1, 0.15) is 28.7 Å². The Morgan fingerprint density at radius 1 is 1.22 bits per heavy atom. The van der Waals surface area contributed by atoms with E-state index in [1.165, 1.54) is 25.2 Å². The predicted molar refractivity (Wildman–Crippen MR) is 128 cm³/mol. The lowest BCUT2D eigenvalue weighted by atomic mass is 10.2. The molecule has 0 aliphatic heterocycles. The molecule has 3 rings (SSSR count). The van der Waals surface area contributed by atoms with Crippen molar-refractivity contribution in [2.75, 3.05) is 11.6 Å². The van der Waals surface area contributed by atoms with Crippen molar-refractivity contribution >= 4 is 49.8 Å². The predicted octanol–water partition coefficient (Wildman–Crippen LogP) is 3.31. The summed E-state index contributed by atoms with van der Waals surface area (Å²) < 4.78 is 45.1. The van der Waals surface area contributed by atoms with Crippen molar-refractivity contribution in [2.24, 2.45) is 12.8 Å². The summed E-state index contributed by atoms with van der Waals surface area (Å²) in [6.45, 7) is 0. The number of ether oxygens (including phenoxy) is 1. The van der Waals surface area contributed by atoms with E-state index in [0.29, 0.717) is 9.13 Å². The number of nitrogens with zero attached hydrogens (tertiary/aromatic N) is 1. The molecule has 168 valence electrons. The number of benzene rings is 2. The molecule has 3 N–H and O–H groups in total. The third-order valence-electron chi connectivity index (χ3n) is 4.39. The number of amides is 1. The summed E-state index contributed by atoms with van der Waals surface area (Å²) >= 11 is 1.96. The van der Waals surface area contributed by atoms with Crippen LogP contribution in [0, 0.1) is 9.39 Å². The number of rotatable bonds is 7.